The second-order valence-electron chi connectivity index (χ2n) is 13.4. The molecule has 0 saturated carbocycles. The number of carboxylic acids is 1. The molecule has 5 aromatic rings. The van der Waals surface area contributed by atoms with E-state index in [0.29, 0.717) is 51.1 Å². The van der Waals surface area contributed by atoms with Crippen LogP contribution in [0.3, 0.4) is 0 Å². The molecule has 2 atom stereocenters. The summed E-state index contributed by atoms with van der Waals surface area (Å²) in [5.74, 6) is -0.287. The van der Waals surface area contributed by atoms with Crippen LogP contribution in [0.4, 0.5) is 4.39 Å². The van der Waals surface area contributed by atoms with Crippen molar-refractivity contribution in [2.45, 2.75) is 45.0 Å². The number of carboxylic acid groups (broad SMARTS) is 1. The summed E-state index contributed by atoms with van der Waals surface area (Å²) >= 11 is 8.40. The second kappa shape index (κ2) is 16.8. The summed E-state index contributed by atoms with van der Waals surface area (Å²) in [5, 5.41) is 11.4. The quantitative estimate of drug-likeness (QED) is 0.128. The lowest BCUT2D eigenvalue weighted by Gasteiger charge is -2.32. The summed E-state index contributed by atoms with van der Waals surface area (Å²) in [7, 11) is 2.13. The molecule has 1 unspecified atom stereocenters. The number of hydrogen-bond donors (Lipinski definition) is 1. The first kappa shape index (κ1) is 37.0. The molecule has 1 N–H and O–H groups in total. The number of rotatable bonds is 13. The monoisotopic (exact) mass is 760 g/mol. The summed E-state index contributed by atoms with van der Waals surface area (Å²) in [6.07, 6.45) is 2.41. The fourth-order valence-corrected chi connectivity index (χ4v) is 8.08. The van der Waals surface area contributed by atoms with E-state index in [2.05, 4.69) is 26.8 Å². The van der Waals surface area contributed by atoms with Crippen LogP contribution in [0, 0.1) is 12.7 Å². The molecule has 2 saturated heterocycles. The van der Waals surface area contributed by atoms with Crippen LogP contribution in [-0.2, 0) is 16.0 Å². The molecule has 2 aliphatic rings. The van der Waals surface area contributed by atoms with Crippen LogP contribution in [0.25, 0.3) is 31.8 Å². The van der Waals surface area contributed by atoms with E-state index >= 15 is 0 Å². The van der Waals surface area contributed by atoms with Crippen molar-refractivity contribution in [1.29, 1.82) is 0 Å². The van der Waals surface area contributed by atoms with Crippen LogP contribution in [0.5, 0.6) is 17.4 Å². The predicted molar refractivity (Wildman–Crippen MR) is 204 cm³/mol. The van der Waals surface area contributed by atoms with Crippen LogP contribution in [0.1, 0.15) is 30.4 Å². The maximum atomic E-state index is 14.1. The van der Waals surface area contributed by atoms with E-state index in [-0.39, 0.29) is 18.1 Å². The molecule has 2 aliphatic heterocycles. The topological polar surface area (TPSA) is 106 Å². The van der Waals surface area contributed by atoms with Crippen molar-refractivity contribution in [3.8, 4) is 38.9 Å². The zero-order valence-electron chi connectivity index (χ0n) is 29.7. The number of piperazine rings is 1. The first-order valence-corrected chi connectivity index (χ1v) is 19.1. The van der Waals surface area contributed by atoms with Crippen molar-refractivity contribution >= 4 is 39.1 Å². The van der Waals surface area contributed by atoms with Gasteiger partial charge in [0, 0.05) is 56.0 Å². The van der Waals surface area contributed by atoms with Crippen molar-refractivity contribution in [3.63, 3.8) is 0 Å². The van der Waals surface area contributed by atoms with E-state index in [9.17, 15) is 14.3 Å². The second-order valence-corrected chi connectivity index (χ2v) is 14.8. The average Bonchev–Trinajstić information content (AvgIpc) is 3.55. The van der Waals surface area contributed by atoms with Crippen LogP contribution in [0.2, 0.25) is 5.02 Å². The Labute approximate surface area is 317 Å². The summed E-state index contributed by atoms with van der Waals surface area (Å²) in [5.41, 5.74) is 3.65. The fourth-order valence-electron chi connectivity index (χ4n) is 6.70. The summed E-state index contributed by atoms with van der Waals surface area (Å²) in [4.78, 5) is 27.9. The normalized spacial score (nSPS) is 17.5. The highest BCUT2D eigenvalue weighted by Crippen LogP contribution is 2.49. The van der Waals surface area contributed by atoms with Gasteiger partial charge in [-0.25, -0.2) is 19.2 Å². The first-order valence-electron chi connectivity index (χ1n) is 17.9. The standard InChI is InChI=1S/C40H42ClFN4O6S/c1-25-29(14-15-31(36(25)41)49-22-20-46-18-16-45(2)17-19-46)34-35-38(43-24-44-39(35)53-37(34)26-10-12-28(42)13-11-26)52-32(40(47)48)23-27-7-3-4-8-30(27)51-33-9-5-6-21-50-33/h3-4,7-8,10-15,24,32-33H,5-6,9,16-23H2,1-2H3,(H,47,48)/t32-,33?/m0/s1. The Morgan fingerprint density at radius 1 is 1.06 bits per heavy atom. The summed E-state index contributed by atoms with van der Waals surface area (Å²) in [6.45, 7) is 7.87. The van der Waals surface area contributed by atoms with Crippen molar-refractivity contribution in [3.05, 3.63) is 89.0 Å². The Bertz CT molecular complexity index is 2050. The Morgan fingerprint density at radius 3 is 2.60 bits per heavy atom. The molecule has 2 fully saturated rings. The van der Waals surface area contributed by atoms with Crippen LogP contribution in [0.15, 0.2) is 67.0 Å². The van der Waals surface area contributed by atoms with E-state index in [0.717, 1.165) is 73.6 Å². The van der Waals surface area contributed by atoms with Gasteiger partial charge in [-0.3, -0.25) is 4.90 Å². The number of hydrogen-bond acceptors (Lipinski definition) is 10. The molecule has 7 rings (SSSR count). The third kappa shape index (κ3) is 8.58. The number of nitrogens with zero attached hydrogens (tertiary/aromatic N) is 4. The highest BCUT2D eigenvalue weighted by Gasteiger charge is 2.29. The molecule has 278 valence electrons. The van der Waals surface area contributed by atoms with Gasteiger partial charge in [0.05, 0.1) is 17.0 Å². The minimum atomic E-state index is -1.31. The lowest BCUT2D eigenvalue weighted by molar-refractivity contribution is -0.145. The van der Waals surface area contributed by atoms with Gasteiger partial charge >= 0.3 is 5.97 Å². The van der Waals surface area contributed by atoms with E-state index in [4.69, 9.17) is 30.5 Å². The maximum Gasteiger partial charge on any atom is 0.345 e. The highest BCUT2D eigenvalue weighted by atomic mass is 35.5. The van der Waals surface area contributed by atoms with Gasteiger partial charge in [0.2, 0.25) is 12.0 Å². The third-order valence-electron chi connectivity index (χ3n) is 9.74. The summed E-state index contributed by atoms with van der Waals surface area (Å²) < 4.78 is 38.6. The Kier molecular flexibility index (Phi) is 11.7. The number of para-hydroxylation sites is 1. The van der Waals surface area contributed by atoms with Crippen molar-refractivity contribution in [2.24, 2.45) is 0 Å². The van der Waals surface area contributed by atoms with E-state index in [1.165, 1.54) is 29.8 Å². The number of thiophene rings is 1. The van der Waals surface area contributed by atoms with E-state index in [1.54, 1.807) is 12.1 Å². The largest absolute Gasteiger partial charge is 0.491 e. The van der Waals surface area contributed by atoms with E-state index in [1.807, 2.05) is 43.3 Å². The minimum Gasteiger partial charge on any atom is -0.491 e. The van der Waals surface area contributed by atoms with Crippen molar-refractivity contribution < 1.29 is 33.2 Å². The Balaban J connectivity index is 1.23. The molecule has 4 heterocycles. The van der Waals surface area contributed by atoms with Crippen LogP contribution < -0.4 is 14.2 Å². The molecule has 0 spiro atoms. The number of aliphatic carboxylic acids is 1. The maximum absolute atomic E-state index is 14.1. The van der Waals surface area contributed by atoms with Gasteiger partial charge in [0.25, 0.3) is 0 Å². The lowest BCUT2D eigenvalue weighted by atomic mass is 9.96. The number of likely N-dealkylation sites (N-methyl/N-ethyl adjacent to an activating group) is 1. The number of aromatic nitrogens is 2. The van der Waals surface area contributed by atoms with Gasteiger partial charge in [0.15, 0.2) is 6.29 Å². The molecule has 13 heteroatoms. The van der Waals surface area contributed by atoms with Gasteiger partial charge < -0.3 is 29.0 Å². The molecular formula is C40H42ClFN4O6S. The molecule has 0 bridgehead atoms. The zero-order chi connectivity index (χ0) is 36.9. The molecule has 0 radical (unpaired) electrons. The Morgan fingerprint density at radius 2 is 1.85 bits per heavy atom. The van der Waals surface area contributed by atoms with Gasteiger partial charge in [-0.1, -0.05) is 48.0 Å². The van der Waals surface area contributed by atoms with E-state index < -0.39 is 18.4 Å². The van der Waals surface area contributed by atoms with Crippen molar-refractivity contribution in [1.82, 2.24) is 19.8 Å². The van der Waals surface area contributed by atoms with Gasteiger partial charge in [0.1, 0.15) is 35.1 Å². The smallest absolute Gasteiger partial charge is 0.345 e. The molecule has 0 amide bonds. The van der Waals surface area contributed by atoms with Crippen LogP contribution in [-0.4, -0.2) is 96.2 Å². The minimum absolute atomic E-state index is 0.0129. The molecule has 10 nitrogen and oxygen atoms in total. The average molecular weight is 761 g/mol. The highest BCUT2D eigenvalue weighted by molar-refractivity contribution is 7.22. The summed E-state index contributed by atoms with van der Waals surface area (Å²) in [6, 6.07) is 17.3. The molecule has 53 heavy (non-hydrogen) atoms. The number of benzene rings is 3. The number of fused-ring (bicyclic) bond motifs is 1. The van der Waals surface area contributed by atoms with Gasteiger partial charge in [-0.2, -0.15) is 0 Å². The molecule has 2 aromatic heterocycles. The first-order chi connectivity index (χ1) is 25.7. The van der Waals surface area contributed by atoms with Crippen LogP contribution >= 0.6 is 22.9 Å². The third-order valence-corrected chi connectivity index (χ3v) is 11.4. The number of halogens is 2. The molecular weight excluding hydrogens is 719 g/mol. The van der Waals surface area contributed by atoms with Gasteiger partial charge in [-0.15, -0.1) is 11.3 Å². The fraction of sp³-hybridized carbons (Fsp3) is 0.375. The molecule has 3 aromatic carbocycles. The number of ether oxygens (including phenoxy) is 4. The zero-order valence-corrected chi connectivity index (χ0v) is 31.3. The predicted octanol–water partition coefficient (Wildman–Crippen LogP) is 7.73. The SMILES string of the molecule is Cc1c(-c2c(-c3ccc(F)cc3)sc3ncnc(O[C@@H](Cc4ccccc4OC4CCCCO4)C(=O)O)c23)ccc(OCCN2CCN(C)CC2)c1Cl. The van der Waals surface area contributed by atoms with Gasteiger partial charge in [-0.05, 0) is 73.3 Å². The Hall–Kier alpha value is -4.33. The number of carbonyl (C=O) groups is 1. The van der Waals surface area contributed by atoms with Crippen molar-refractivity contribution in [2.75, 3.05) is 53.0 Å². The molecule has 0 aliphatic carbocycles. The lowest BCUT2D eigenvalue weighted by Crippen LogP contribution is -2.45.